The molecule has 0 saturated heterocycles. The van der Waals surface area contributed by atoms with Crippen LogP contribution in [-0.4, -0.2) is 13.8 Å². The van der Waals surface area contributed by atoms with E-state index in [0.29, 0.717) is 0 Å². The first-order chi connectivity index (χ1) is 36.0. The van der Waals surface area contributed by atoms with Crippen molar-refractivity contribution in [3.05, 3.63) is 223 Å². The number of rotatable bonds is 6. The van der Waals surface area contributed by atoms with Crippen molar-refractivity contribution in [2.45, 2.75) is 52.4 Å². The minimum absolute atomic E-state index is 0.121. The zero-order valence-corrected chi connectivity index (χ0v) is 42.4. The molecule has 74 heavy (non-hydrogen) atoms. The van der Waals surface area contributed by atoms with Crippen molar-refractivity contribution in [2.24, 2.45) is 0 Å². The lowest BCUT2D eigenvalue weighted by atomic mass is 9.84. The Labute approximate surface area is 429 Å². The summed E-state index contributed by atoms with van der Waals surface area (Å²) >= 11 is 0. The molecule has 0 fully saturated rings. The first kappa shape index (κ1) is 42.7. The molecule has 0 N–H and O–H groups in total. The van der Waals surface area contributed by atoms with Crippen LogP contribution < -0.4 is 9.80 Å². The van der Waals surface area contributed by atoms with Crippen LogP contribution in [0.1, 0.15) is 52.7 Å². The lowest BCUT2D eigenvalue weighted by Crippen LogP contribution is -2.15. The maximum Gasteiger partial charge on any atom is 0.146 e. The maximum absolute atomic E-state index is 6.11. The number of benzene rings is 10. The van der Waals surface area contributed by atoms with E-state index in [9.17, 15) is 0 Å². The fraction of sp³-hybridized carbons (Fsp3) is 0.116. The molecule has 0 spiro atoms. The molecule has 5 aromatic heterocycles. The second kappa shape index (κ2) is 15.3. The molecule has 0 aliphatic carbocycles. The fourth-order valence-corrected chi connectivity index (χ4v) is 12.4. The van der Waals surface area contributed by atoms with Gasteiger partial charge in [-0.25, -0.2) is 4.98 Å². The largest absolute Gasteiger partial charge is 0.308 e. The summed E-state index contributed by atoms with van der Waals surface area (Å²) in [4.78, 5) is 11.0. The number of fused-ring (bicyclic) bond motifs is 15. The molecule has 5 heterocycles. The van der Waals surface area contributed by atoms with Crippen LogP contribution in [0.25, 0.3) is 98.0 Å². The first-order valence-corrected chi connectivity index (χ1v) is 26.0. The van der Waals surface area contributed by atoms with E-state index in [2.05, 4.69) is 272 Å². The van der Waals surface area contributed by atoms with Gasteiger partial charge in [0, 0.05) is 65.8 Å². The van der Waals surface area contributed by atoms with Crippen molar-refractivity contribution >= 4 is 132 Å². The van der Waals surface area contributed by atoms with Crippen molar-refractivity contribution in [1.29, 1.82) is 0 Å². The zero-order chi connectivity index (χ0) is 49.8. The Morgan fingerprint density at radius 3 is 1.39 bits per heavy atom. The Kier molecular flexibility index (Phi) is 8.83. The van der Waals surface area contributed by atoms with Crippen molar-refractivity contribution in [2.75, 3.05) is 9.80 Å². The highest BCUT2D eigenvalue weighted by atomic mass is 15.2. The van der Waals surface area contributed by atoms with E-state index in [-0.39, 0.29) is 10.8 Å². The first-order valence-electron chi connectivity index (χ1n) is 26.0. The van der Waals surface area contributed by atoms with E-state index < -0.39 is 0 Å². The highest BCUT2D eigenvalue weighted by Gasteiger charge is 2.32. The van der Waals surface area contributed by atoms with Gasteiger partial charge in [0.2, 0.25) is 0 Å². The van der Waals surface area contributed by atoms with E-state index in [0.717, 1.165) is 61.7 Å². The number of para-hydroxylation sites is 4. The van der Waals surface area contributed by atoms with E-state index in [1.807, 2.05) is 0 Å². The highest BCUT2D eigenvalue weighted by Crippen LogP contribution is 2.53. The van der Waals surface area contributed by atoms with Crippen LogP contribution in [0.2, 0.25) is 0 Å². The zero-order valence-electron chi connectivity index (χ0n) is 42.4. The van der Waals surface area contributed by atoms with Crippen LogP contribution >= 0.6 is 0 Å². The van der Waals surface area contributed by atoms with E-state index in [4.69, 9.17) is 4.98 Å². The average molecular weight is 952 g/mol. The number of hydrogen-bond donors (Lipinski definition) is 0. The second-order valence-electron chi connectivity index (χ2n) is 22.4. The molecule has 15 aromatic rings. The van der Waals surface area contributed by atoms with Crippen molar-refractivity contribution < 1.29 is 0 Å². The van der Waals surface area contributed by atoms with E-state index in [1.54, 1.807) is 0 Å². The molecular formula is C69H53N5. The SMILES string of the molecule is CC(C)(C)c1cc(N(c2ccccc2)c2ccccc2)c2c(c1)c1cc(C(C)(C)C)cc3c4nc5c(cc4n2c13)c1cc2ccccc2c2c3cc4ccccc4c(N(c4ccccc4)c4ccccc4)c3n5c12. The van der Waals surface area contributed by atoms with Gasteiger partial charge >= 0.3 is 0 Å². The summed E-state index contributed by atoms with van der Waals surface area (Å²) in [6.45, 7) is 14.0. The molecule has 0 radical (unpaired) electrons. The summed E-state index contributed by atoms with van der Waals surface area (Å²) in [5.41, 5.74) is 16.8. The molecule has 0 saturated carbocycles. The second-order valence-corrected chi connectivity index (χ2v) is 22.4. The summed E-state index contributed by atoms with van der Waals surface area (Å²) in [5.74, 6) is 0. The Bertz CT molecular complexity index is 4630. The van der Waals surface area contributed by atoms with Gasteiger partial charge in [0.1, 0.15) is 5.65 Å². The van der Waals surface area contributed by atoms with Gasteiger partial charge in [0.15, 0.2) is 0 Å². The fourth-order valence-electron chi connectivity index (χ4n) is 12.4. The van der Waals surface area contributed by atoms with Crippen molar-refractivity contribution in [1.82, 2.24) is 13.8 Å². The van der Waals surface area contributed by atoms with E-state index in [1.165, 1.54) is 81.5 Å². The average Bonchev–Trinajstić information content (AvgIpc) is 4.24. The van der Waals surface area contributed by atoms with Gasteiger partial charge in [-0.1, -0.05) is 163 Å². The van der Waals surface area contributed by atoms with Gasteiger partial charge < -0.3 is 14.2 Å². The Hall–Kier alpha value is -8.93. The van der Waals surface area contributed by atoms with E-state index >= 15 is 0 Å². The molecule has 0 aliphatic rings. The molecule has 5 heteroatoms. The van der Waals surface area contributed by atoms with Gasteiger partial charge in [-0.05, 0) is 129 Å². The van der Waals surface area contributed by atoms with Gasteiger partial charge in [-0.2, -0.15) is 0 Å². The minimum atomic E-state index is -0.128. The monoisotopic (exact) mass is 951 g/mol. The van der Waals surface area contributed by atoms with Crippen LogP contribution in [0.4, 0.5) is 34.1 Å². The predicted molar refractivity (Wildman–Crippen MR) is 315 cm³/mol. The van der Waals surface area contributed by atoms with Gasteiger partial charge in [-0.3, -0.25) is 4.40 Å². The van der Waals surface area contributed by atoms with Crippen LogP contribution in [0.15, 0.2) is 212 Å². The molecule has 15 rings (SSSR count). The summed E-state index contributed by atoms with van der Waals surface area (Å²) < 4.78 is 5.11. The predicted octanol–water partition coefficient (Wildman–Crippen LogP) is 19.2. The molecule has 0 unspecified atom stereocenters. The Balaban J connectivity index is 1.17. The summed E-state index contributed by atoms with van der Waals surface area (Å²) in [5, 5.41) is 13.3. The minimum Gasteiger partial charge on any atom is -0.308 e. The maximum atomic E-state index is 6.11. The number of anilines is 6. The molecule has 0 amide bonds. The van der Waals surface area contributed by atoms with Gasteiger partial charge in [-0.15, -0.1) is 0 Å². The number of aromatic nitrogens is 3. The highest BCUT2D eigenvalue weighted by molar-refractivity contribution is 6.35. The van der Waals surface area contributed by atoms with Crippen molar-refractivity contribution in [3.8, 4) is 0 Å². The van der Waals surface area contributed by atoms with Gasteiger partial charge in [0.25, 0.3) is 0 Å². The lowest BCUT2D eigenvalue weighted by molar-refractivity contribution is 0.591. The van der Waals surface area contributed by atoms with Crippen LogP contribution in [-0.2, 0) is 10.8 Å². The molecular weight excluding hydrogens is 899 g/mol. The third kappa shape index (κ3) is 6.01. The third-order valence-electron chi connectivity index (χ3n) is 15.9. The molecule has 0 atom stereocenters. The van der Waals surface area contributed by atoms with Crippen LogP contribution in [0.3, 0.4) is 0 Å². The molecule has 10 aromatic carbocycles. The smallest absolute Gasteiger partial charge is 0.146 e. The summed E-state index contributed by atoms with van der Waals surface area (Å²) in [6.07, 6.45) is 0. The normalized spacial score (nSPS) is 12.7. The third-order valence-corrected chi connectivity index (χ3v) is 15.9. The standard InChI is InChI=1S/C69H53N5/c1-68(2,3)44-37-53-54-38-45(69(4,5)6)40-59(71(46-25-11-7-12-26-46)47-27-13-8-14-28-47)63(54)73-58-41-55-52-35-42-23-19-21-33-50(42)60-56-36-43-24-20-22-34-51(43)65(72(48-29-15-9-16-30-48)49-31-17-10-18-32-49)66(56)74(64(52)60)67(55)70-61(58)57(39-44)62(53)73/h7-41H,1-6H3. The van der Waals surface area contributed by atoms with Crippen molar-refractivity contribution in [3.63, 3.8) is 0 Å². The quantitative estimate of drug-likeness (QED) is 0.166. The van der Waals surface area contributed by atoms with Crippen LogP contribution in [0, 0.1) is 0 Å². The summed E-state index contributed by atoms with van der Waals surface area (Å²) in [6, 6.07) is 78.5. The number of pyridine rings is 1. The lowest BCUT2D eigenvalue weighted by Gasteiger charge is -2.29. The van der Waals surface area contributed by atoms with Crippen LogP contribution in [0.5, 0.6) is 0 Å². The molecule has 0 aliphatic heterocycles. The number of nitrogens with zero attached hydrogens (tertiary/aromatic N) is 5. The molecule has 354 valence electrons. The topological polar surface area (TPSA) is 28.2 Å². The van der Waals surface area contributed by atoms with Gasteiger partial charge in [0.05, 0.1) is 44.5 Å². The Morgan fingerprint density at radius 2 is 0.811 bits per heavy atom. The Morgan fingerprint density at radius 1 is 0.351 bits per heavy atom. The number of hydrogen-bond acceptors (Lipinski definition) is 3. The molecule has 5 nitrogen and oxygen atoms in total. The molecule has 0 bridgehead atoms. The summed E-state index contributed by atoms with van der Waals surface area (Å²) in [7, 11) is 0.